The van der Waals surface area contributed by atoms with Gasteiger partial charge in [0.05, 0.1) is 10.7 Å². The predicted molar refractivity (Wildman–Crippen MR) is 81.2 cm³/mol. The third-order valence-electron chi connectivity index (χ3n) is 2.39. The quantitative estimate of drug-likeness (QED) is 0.610. The number of furan rings is 1. The van der Waals surface area contributed by atoms with Gasteiger partial charge < -0.3 is 9.52 Å². The SMILES string of the molecule is O=C(NN=Cc1cc(Br)c(Br)o1)[C@H](O)c1ccccc1. The highest BCUT2D eigenvalue weighted by Gasteiger charge is 2.16. The normalized spacial score (nSPS) is 12.6. The maximum atomic E-state index is 11.7. The van der Waals surface area contributed by atoms with Crippen molar-refractivity contribution < 1.29 is 14.3 Å². The fourth-order valence-electron chi connectivity index (χ4n) is 1.43. The first-order chi connectivity index (χ1) is 9.58. The van der Waals surface area contributed by atoms with Crippen molar-refractivity contribution in [2.24, 2.45) is 5.10 Å². The Morgan fingerprint density at radius 1 is 1.35 bits per heavy atom. The monoisotopic (exact) mass is 400 g/mol. The number of hydrogen-bond acceptors (Lipinski definition) is 4. The standard InChI is InChI=1S/C13H10Br2N2O3/c14-10-6-9(20-12(10)15)7-16-17-13(19)11(18)8-4-2-1-3-5-8/h1-7,11,18H,(H,17,19)/t11-/m1/s1. The van der Waals surface area contributed by atoms with Crippen molar-refractivity contribution in [2.45, 2.75) is 6.10 Å². The number of hydrogen-bond donors (Lipinski definition) is 2. The average Bonchev–Trinajstić information content (AvgIpc) is 2.77. The molecular weight excluding hydrogens is 392 g/mol. The van der Waals surface area contributed by atoms with E-state index in [9.17, 15) is 9.90 Å². The molecule has 1 amide bonds. The van der Waals surface area contributed by atoms with E-state index < -0.39 is 12.0 Å². The third kappa shape index (κ3) is 3.78. The molecule has 1 aromatic carbocycles. The first kappa shape index (κ1) is 15.0. The van der Waals surface area contributed by atoms with Crippen LogP contribution in [-0.2, 0) is 4.79 Å². The summed E-state index contributed by atoms with van der Waals surface area (Å²) in [7, 11) is 0. The molecule has 0 radical (unpaired) electrons. The van der Waals surface area contributed by atoms with Crippen LogP contribution in [0.2, 0.25) is 0 Å². The minimum Gasteiger partial charge on any atom is -0.447 e. The van der Waals surface area contributed by atoms with E-state index in [0.29, 0.717) is 16.0 Å². The first-order valence-electron chi connectivity index (χ1n) is 5.58. The number of halogens is 2. The van der Waals surface area contributed by atoms with Gasteiger partial charge >= 0.3 is 0 Å². The molecule has 2 N–H and O–H groups in total. The summed E-state index contributed by atoms with van der Waals surface area (Å²) in [5, 5.41) is 13.5. The predicted octanol–water partition coefficient (Wildman–Crippen LogP) is 2.99. The molecule has 2 aromatic rings. The van der Waals surface area contributed by atoms with E-state index in [-0.39, 0.29) is 0 Å². The maximum Gasteiger partial charge on any atom is 0.273 e. The zero-order valence-electron chi connectivity index (χ0n) is 10.1. The van der Waals surface area contributed by atoms with Gasteiger partial charge in [0, 0.05) is 6.07 Å². The molecular formula is C13H10Br2N2O3. The van der Waals surface area contributed by atoms with E-state index >= 15 is 0 Å². The van der Waals surface area contributed by atoms with Gasteiger partial charge in [0.1, 0.15) is 5.76 Å². The van der Waals surface area contributed by atoms with Crippen LogP contribution in [0.4, 0.5) is 0 Å². The Labute approximate surface area is 131 Å². The summed E-state index contributed by atoms with van der Waals surface area (Å²) in [5.41, 5.74) is 2.75. The fraction of sp³-hybridized carbons (Fsp3) is 0.0769. The van der Waals surface area contributed by atoms with Gasteiger partial charge in [0.25, 0.3) is 5.91 Å². The lowest BCUT2D eigenvalue weighted by Gasteiger charge is -2.08. The Kier molecular flexibility index (Phi) is 5.11. The molecule has 1 heterocycles. The van der Waals surface area contributed by atoms with E-state index in [2.05, 4.69) is 42.4 Å². The topological polar surface area (TPSA) is 74.8 Å². The molecule has 0 saturated carbocycles. The molecule has 0 aliphatic heterocycles. The van der Waals surface area contributed by atoms with Gasteiger partial charge in [0.2, 0.25) is 0 Å². The van der Waals surface area contributed by atoms with Gasteiger partial charge in [-0.1, -0.05) is 30.3 Å². The van der Waals surface area contributed by atoms with Crippen LogP contribution in [-0.4, -0.2) is 17.2 Å². The number of carbonyl (C=O) groups excluding carboxylic acids is 1. The summed E-state index contributed by atoms with van der Waals surface area (Å²) in [5.74, 6) is -0.157. The Morgan fingerprint density at radius 2 is 2.05 bits per heavy atom. The highest BCUT2D eigenvalue weighted by Crippen LogP contribution is 2.25. The summed E-state index contributed by atoms with van der Waals surface area (Å²) in [6.45, 7) is 0. The van der Waals surface area contributed by atoms with Crippen molar-refractivity contribution in [1.29, 1.82) is 0 Å². The highest BCUT2D eigenvalue weighted by molar-refractivity contribution is 9.13. The molecule has 1 atom stereocenters. The Morgan fingerprint density at radius 3 is 2.65 bits per heavy atom. The second-order valence-corrected chi connectivity index (χ2v) is 5.39. The Hall–Kier alpha value is -1.44. The second-order valence-electron chi connectivity index (χ2n) is 3.82. The van der Waals surface area contributed by atoms with Gasteiger partial charge in [-0.2, -0.15) is 5.10 Å². The number of hydrazone groups is 1. The van der Waals surface area contributed by atoms with Crippen LogP contribution in [0.5, 0.6) is 0 Å². The Bertz CT molecular complexity index is 606. The maximum absolute atomic E-state index is 11.7. The van der Waals surface area contributed by atoms with Crippen LogP contribution in [0.25, 0.3) is 0 Å². The van der Waals surface area contributed by atoms with Gasteiger partial charge in [-0.3, -0.25) is 4.79 Å². The van der Waals surface area contributed by atoms with Gasteiger partial charge in [-0.25, -0.2) is 5.43 Å². The molecule has 1 aromatic heterocycles. The van der Waals surface area contributed by atoms with Crippen molar-refractivity contribution in [3.8, 4) is 0 Å². The highest BCUT2D eigenvalue weighted by atomic mass is 79.9. The van der Waals surface area contributed by atoms with Crippen LogP contribution < -0.4 is 5.43 Å². The van der Waals surface area contributed by atoms with E-state index in [1.807, 2.05) is 0 Å². The first-order valence-corrected chi connectivity index (χ1v) is 7.17. The summed E-state index contributed by atoms with van der Waals surface area (Å²) in [6.07, 6.45) is 0.0777. The van der Waals surface area contributed by atoms with Crippen LogP contribution in [0.1, 0.15) is 17.4 Å². The van der Waals surface area contributed by atoms with Crippen molar-refractivity contribution >= 4 is 44.0 Å². The molecule has 5 nitrogen and oxygen atoms in total. The molecule has 0 aliphatic carbocycles. The molecule has 0 fully saturated rings. The molecule has 0 unspecified atom stereocenters. The average molecular weight is 402 g/mol. The van der Waals surface area contributed by atoms with Gasteiger partial charge in [-0.15, -0.1) is 0 Å². The van der Waals surface area contributed by atoms with Gasteiger partial charge in [-0.05, 0) is 37.4 Å². The third-order valence-corrected chi connectivity index (χ3v) is 4.10. The molecule has 7 heteroatoms. The summed E-state index contributed by atoms with van der Waals surface area (Å²) in [6, 6.07) is 10.3. The number of rotatable bonds is 4. The molecule has 104 valence electrons. The zero-order valence-corrected chi connectivity index (χ0v) is 13.3. The molecule has 20 heavy (non-hydrogen) atoms. The number of nitrogens with zero attached hydrogens (tertiary/aromatic N) is 1. The van der Waals surface area contributed by atoms with Crippen LogP contribution in [0.15, 0.2) is 55.1 Å². The van der Waals surface area contributed by atoms with Crippen molar-refractivity contribution in [2.75, 3.05) is 0 Å². The number of carbonyl (C=O) groups is 1. The Balaban J connectivity index is 1.95. The molecule has 0 bridgehead atoms. The molecule has 2 rings (SSSR count). The molecule has 0 spiro atoms. The van der Waals surface area contributed by atoms with Crippen molar-refractivity contribution in [3.63, 3.8) is 0 Å². The summed E-state index contributed by atoms with van der Waals surface area (Å²) >= 11 is 6.45. The zero-order chi connectivity index (χ0) is 14.5. The number of nitrogens with one attached hydrogen (secondary N) is 1. The van der Waals surface area contributed by atoms with Crippen molar-refractivity contribution in [3.05, 3.63) is 56.9 Å². The largest absolute Gasteiger partial charge is 0.447 e. The smallest absolute Gasteiger partial charge is 0.273 e. The van der Waals surface area contributed by atoms with Crippen LogP contribution in [0.3, 0.4) is 0 Å². The van der Waals surface area contributed by atoms with Crippen LogP contribution in [0, 0.1) is 0 Å². The van der Waals surface area contributed by atoms with E-state index in [4.69, 9.17) is 4.42 Å². The minimum atomic E-state index is -1.26. The lowest BCUT2D eigenvalue weighted by molar-refractivity contribution is -0.129. The van der Waals surface area contributed by atoms with E-state index in [1.165, 1.54) is 6.21 Å². The second kappa shape index (κ2) is 6.83. The summed E-state index contributed by atoms with van der Waals surface area (Å²) in [4.78, 5) is 11.7. The van der Waals surface area contributed by atoms with E-state index in [0.717, 1.165) is 4.47 Å². The number of aliphatic hydroxyl groups is 1. The number of amides is 1. The van der Waals surface area contributed by atoms with Gasteiger partial charge in [0.15, 0.2) is 10.8 Å². The number of aliphatic hydroxyl groups excluding tert-OH is 1. The van der Waals surface area contributed by atoms with Crippen molar-refractivity contribution in [1.82, 2.24) is 5.43 Å². The lowest BCUT2D eigenvalue weighted by Crippen LogP contribution is -2.25. The van der Waals surface area contributed by atoms with Crippen LogP contribution >= 0.6 is 31.9 Å². The minimum absolute atomic E-state index is 0.457. The molecule has 0 aliphatic rings. The summed E-state index contributed by atoms with van der Waals surface area (Å²) < 4.78 is 6.53. The number of benzene rings is 1. The fourth-order valence-corrected chi connectivity index (χ4v) is 2.04. The lowest BCUT2D eigenvalue weighted by atomic mass is 10.1. The van der Waals surface area contributed by atoms with E-state index in [1.54, 1.807) is 36.4 Å². The molecule has 0 saturated heterocycles.